The fourth-order valence-corrected chi connectivity index (χ4v) is 3.20. The van der Waals surface area contributed by atoms with Crippen molar-refractivity contribution in [1.29, 1.82) is 0 Å². The first kappa shape index (κ1) is 18.5. The van der Waals surface area contributed by atoms with Crippen molar-refractivity contribution in [1.82, 2.24) is 5.32 Å². The van der Waals surface area contributed by atoms with Crippen LogP contribution in [0.25, 0.3) is 0 Å². The Morgan fingerprint density at radius 3 is 2.57 bits per heavy atom. The van der Waals surface area contributed by atoms with Crippen molar-refractivity contribution in [2.24, 2.45) is 0 Å². The van der Waals surface area contributed by atoms with Gasteiger partial charge in [0, 0.05) is 15.1 Å². The molecule has 0 bridgehead atoms. The lowest BCUT2D eigenvalue weighted by molar-refractivity contribution is -0.150. The van der Waals surface area contributed by atoms with Crippen LogP contribution < -0.4 is 5.32 Å². The van der Waals surface area contributed by atoms with Gasteiger partial charge in [-0.3, -0.25) is 4.79 Å². The SMILES string of the molecule is CCCNC(C)(CCSc1ccc(Br)cc1)C(=O)OCC. The molecule has 0 aliphatic carbocycles. The number of rotatable bonds is 9. The molecule has 0 amide bonds. The van der Waals surface area contributed by atoms with E-state index in [9.17, 15) is 4.79 Å². The van der Waals surface area contributed by atoms with E-state index in [0.717, 1.165) is 29.6 Å². The summed E-state index contributed by atoms with van der Waals surface area (Å²) >= 11 is 5.19. The minimum Gasteiger partial charge on any atom is -0.465 e. The molecule has 0 radical (unpaired) electrons. The van der Waals surface area contributed by atoms with Crippen molar-refractivity contribution in [3.05, 3.63) is 28.7 Å². The highest BCUT2D eigenvalue weighted by Gasteiger charge is 2.33. The quantitative estimate of drug-likeness (QED) is 0.518. The highest BCUT2D eigenvalue weighted by molar-refractivity contribution is 9.10. The Morgan fingerprint density at radius 1 is 1.33 bits per heavy atom. The maximum Gasteiger partial charge on any atom is 0.326 e. The number of carbonyl (C=O) groups is 1. The molecule has 1 N–H and O–H groups in total. The van der Waals surface area contributed by atoms with E-state index in [0.29, 0.717) is 6.61 Å². The molecular formula is C16H24BrNO2S. The number of nitrogens with one attached hydrogen (secondary N) is 1. The van der Waals surface area contributed by atoms with Gasteiger partial charge in [0.25, 0.3) is 0 Å². The highest BCUT2D eigenvalue weighted by Crippen LogP contribution is 2.24. The molecule has 3 nitrogen and oxygen atoms in total. The molecule has 5 heteroatoms. The smallest absolute Gasteiger partial charge is 0.326 e. The first-order valence-electron chi connectivity index (χ1n) is 7.32. The third-order valence-corrected chi connectivity index (χ3v) is 4.72. The zero-order valence-electron chi connectivity index (χ0n) is 12.9. The van der Waals surface area contributed by atoms with Crippen LogP contribution in [0.3, 0.4) is 0 Å². The predicted molar refractivity (Wildman–Crippen MR) is 92.8 cm³/mol. The Kier molecular flexibility index (Phi) is 8.37. The lowest BCUT2D eigenvalue weighted by Gasteiger charge is -2.28. The van der Waals surface area contributed by atoms with Gasteiger partial charge in [-0.1, -0.05) is 22.9 Å². The number of esters is 1. The molecule has 1 unspecified atom stereocenters. The summed E-state index contributed by atoms with van der Waals surface area (Å²) in [6.45, 7) is 7.10. The first-order chi connectivity index (χ1) is 10.0. The molecule has 0 aliphatic rings. The van der Waals surface area contributed by atoms with Gasteiger partial charge < -0.3 is 10.1 Å². The van der Waals surface area contributed by atoms with E-state index >= 15 is 0 Å². The van der Waals surface area contributed by atoms with Crippen molar-refractivity contribution >= 4 is 33.7 Å². The third-order valence-electron chi connectivity index (χ3n) is 3.18. The summed E-state index contributed by atoms with van der Waals surface area (Å²) in [4.78, 5) is 13.4. The van der Waals surface area contributed by atoms with Crippen LogP contribution in [0.2, 0.25) is 0 Å². The van der Waals surface area contributed by atoms with Gasteiger partial charge >= 0.3 is 5.97 Å². The fourth-order valence-electron chi connectivity index (χ4n) is 1.86. The monoisotopic (exact) mass is 373 g/mol. The summed E-state index contributed by atoms with van der Waals surface area (Å²) in [5.74, 6) is 0.711. The van der Waals surface area contributed by atoms with Crippen molar-refractivity contribution in [2.45, 2.75) is 44.0 Å². The molecule has 0 saturated heterocycles. The van der Waals surface area contributed by atoms with Crippen molar-refractivity contribution in [3.63, 3.8) is 0 Å². The Bertz CT molecular complexity index is 438. The molecule has 21 heavy (non-hydrogen) atoms. The molecule has 0 aromatic heterocycles. The number of hydrogen-bond acceptors (Lipinski definition) is 4. The predicted octanol–water partition coefficient (Wildman–Crippen LogP) is 4.25. The van der Waals surface area contributed by atoms with Crippen LogP contribution in [0, 0.1) is 0 Å². The molecule has 0 spiro atoms. The number of benzene rings is 1. The van der Waals surface area contributed by atoms with E-state index in [1.807, 2.05) is 26.0 Å². The minimum absolute atomic E-state index is 0.158. The average Bonchev–Trinajstić information content (AvgIpc) is 2.47. The number of carbonyl (C=O) groups excluding carboxylic acids is 1. The molecule has 118 valence electrons. The van der Waals surface area contributed by atoms with Crippen molar-refractivity contribution in [3.8, 4) is 0 Å². The Labute approximate surface area is 140 Å². The van der Waals surface area contributed by atoms with Gasteiger partial charge in [0.05, 0.1) is 6.61 Å². The fraction of sp³-hybridized carbons (Fsp3) is 0.562. The number of thioether (sulfide) groups is 1. The van der Waals surface area contributed by atoms with Crippen LogP contribution in [-0.2, 0) is 9.53 Å². The number of hydrogen-bond donors (Lipinski definition) is 1. The molecule has 0 aliphatic heterocycles. The molecule has 1 aromatic carbocycles. The van der Waals surface area contributed by atoms with E-state index in [1.54, 1.807) is 11.8 Å². The zero-order valence-corrected chi connectivity index (χ0v) is 15.4. The molecule has 0 fully saturated rings. The number of halogens is 1. The van der Waals surface area contributed by atoms with Gasteiger partial charge in [0.15, 0.2) is 0 Å². The van der Waals surface area contributed by atoms with Crippen LogP contribution in [0.5, 0.6) is 0 Å². The summed E-state index contributed by atoms with van der Waals surface area (Å²) in [7, 11) is 0. The van der Waals surface area contributed by atoms with E-state index in [1.165, 1.54) is 4.90 Å². The Balaban J connectivity index is 2.55. The molecule has 1 aromatic rings. The van der Waals surface area contributed by atoms with Crippen LogP contribution in [0.15, 0.2) is 33.6 Å². The second-order valence-electron chi connectivity index (χ2n) is 5.03. The molecule has 1 rings (SSSR count). The van der Waals surface area contributed by atoms with Gasteiger partial charge in [0.2, 0.25) is 0 Å². The summed E-state index contributed by atoms with van der Waals surface area (Å²) in [5, 5.41) is 3.33. The lowest BCUT2D eigenvalue weighted by Crippen LogP contribution is -2.51. The topological polar surface area (TPSA) is 38.3 Å². The Morgan fingerprint density at radius 2 is 2.00 bits per heavy atom. The normalized spacial score (nSPS) is 13.7. The van der Waals surface area contributed by atoms with E-state index in [4.69, 9.17) is 4.74 Å². The maximum atomic E-state index is 12.2. The average molecular weight is 374 g/mol. The molecule has 0 heterocycles. The second kappa shape index (κ2) is 9.49. The molecular weight excluding hydrogens is 350 g/mol. The highest BCUT2D eigenvalue weighted by atomic mass is 79.9. The van der Waals surface area contributed by atoms with Gasteiger partial charge in [-0.15, -0.1) is 11.8 Å². The first-order valence-corrected chi connectivity index (χ1v) is 9.10. The van der Waals surface area contributed by atoms with Gasteiger partial charge in [-0.25, -0.2) is 0 Å². The number of ether oxygens (including phenoxy) is 1. The van der Waals surface area contributed by atoms with Crippen molar-refractivity contribution < 1.29 is 9.53 Å². The van der Waals surface area contributed by atoms with Crippen molar-refractivity contribution in [2.75, 3.05) is 18.9 Å². The summed E-state index contributed by atoms with van der Waals surface area (Å²) < 4.78 is 6.28. The maximum absolute atomic E-state index is 12.2. The van der Waals surface area contributed by atoms with Gasteiger partial charge in [0.1, 0.15) is 5.54 Å². The summed E-state index contributed by atoms with van der Waals surface area (Å²) in [6, 6.07) is 8.22. The van der Waals surface area contributed by atoms with Crippen LogP contribution in [0.1, 0.15) is 33.6 Å². The standard InChI is InChI=1S/C16H24BrNO2S/c1-4-11-18-16(3,15(19)20-5-2)10-12-21-14-8-6-13(17)7-9-14/h6-9,18H,4-5,10-12H2,1-3H3. The van der Waals surface area contributed by atoms with E-state index in [-0.39, 0.29) is 5.97 Å². The summed E-state index contributed by atoms with van der Waals surface area (Å²) in [5.41, 5.74) is -0.603. The molecule has 0 saturated carbocycles. The van der Waals surface area contributed by atoms with E-state index in [2.05, 4.69) is 40.3 Å². The van der Waals surface area contributed by atoms with E-state index < -0.39 is 5.54 Å². The minimum atomic E-state index is -0.603. The third kappa shape index (κ3) is 6.41. The van der Waals surface area contributed by atoms with Gasteiger partial charge in [-0.05, 0) is 57.5 Å². The lowest BCUT2D eigenvalue weighted by atomic mass is 9.99. The Hall–Kier alpha value is -0.520. The largest absolute Gasteiger partial charge is 0.465 e. The van der Waals surface area contributed by atoms with Crippen LogP contribution in [-0.4, -0.2) is 30.4 Å². The van der Waals surface area contributed by atoms with Gasteiger partial charge in [-0.2, -0.15) is 0 Å². The van der Waals surface area contributed by atoms with Crippen LogP contribution >= 0.6 is 27.7 Å². The molecule has 1 atom stereocenters. The second-order valence-corrected chi connectivity index (χ2v) is 7.12. The van der Waals surface area contributed by atoms with Crippen LogP contribution in [0.4, 0.5) is 0 Å². The zero-order chi connectivity index (χ0) is 15.7. The summed E-state index contributed by atoms with van der Waals surface area (Å²) in [6.07, 6.45) is 1.74.